The van der Waals surface area contributed by atoms with Gasteiger partial charge < -0.3 is 49.2 Å². The fourth-order valence-electron chi connectivity index (χ4n) is 4.60. The monoisotopic (exact) mass is 526 g/mol. The first-order valence-corrected chi connectivity index (χ1v) is 11.8. The molecule has 0 amide bonds. The van der Waals surface area contributed by atoms with E-state index < -0.39 is 42.6 Å². The van der Waals surface area contributed by atoms with Gasteiger partial charge in [0, 0.05) is 23.3 Å². The summed E-state index contributed by atoms with van der Waals surface area (Å²) < 4.78 is 29.1. The number of ketones is 1. The highest BCUT2D eigenvalue weighted by atomic mass is 16.6. The van der Waals surface area contributed by atoms with Crippen molar-refractivity contribution in [1.82, 2.24) is 0 Å². The van der Waals surface area contributed by atoms with E-state index >= 15 is 0 Å². The number of hydrogen-bond acceptors (Lipinski definition) is 11. The summed E-state index contributed by atoms with van der Waals surface area (Å²) in [5, 5.41) is 50.8. The number of methoxy groups -OCH3 is 1. The van der Waals surface area contributed by atoms with Crippen molar-refractivity contribution in [2.24, 2.45) is 0 Å². The number of fused-ring (bicyclic) bond motifs is 2. The van der Waals surface area contributed by atoms with Gasteiger partial charge in [-0.1, -0.05) is 6.07 Å². The Labute approximate surface area is 217 Å². The zero-order valence-corrected chi connectivity index (χ0v) is 20.5. The minimum atomic E-state index is -1.68. The van der Waals surface area contributed by atoms with Crippen molar-refractivity contribution in [2.45, 2.75) is 31.3 Å². The second-order valence-corrected chi connectivity index (χ2v) is 8.77. The summed E-state index contributed by atoms with van der Waals surface area (Å²) in [6, 6.07) is 9.81. The van der Waals surface area contributed by atoms with E-state index in [0.717, 1.165) is 6.07 Å². The number of rotatable bonds is 6. The molecule has 0 aromatic heterocycles. The van der Waals surface area contributed by atoms with Crippen LogP contribution < -0.4 is 23.7 Å². The molecule has 3 aromatic carbocycles. The van der Waals surface area contributed by atoms with Crippen molar-refractivity contribution < 1.29 is 54.0 Å². The molecule has 0 radical (unpaired) electrons. The quantitative estimate of drug-likeness (QED) is 0.321. The third kappa shape index (κ3) is 4.25. The number of phenolic OH excluding ortho intramolecular Hbond substituents is 3. The number of aliphatic hydroxyl groups excluding tert-OH is 2. The lowest BCUT2D eigenvalue weighted by Gasteiger charge is -2.36. The van der Waals surface area contributed by atoms with Gasteiger partial charge in [0.2, 0.25) is 11.5 Å². The van der Waals surface area contributed by atoms with E-state index in [1.54, 1.807) is 19.1 Å². The summed E-state index contributed by atoms with van der Waals surface area (Å²) in [6.07, 6.45) is -4.57. The third-order valence-electron chi connectivity index (χ3n) is 6.37. The number of aliphatic hydroxyl groups is 2. The Bertz CT molecular complexity index is 1390. The summed E-state index contributed by atoms with van der Waals surface area (Å²) in [7, 11) is 1.41. The molecule has 11 nitrogen and oxygen atoms in total. The molecule has 2 unspecified atom stereocenters. The maximum atomic E-state index is 12.9. The molecule has 0 aliphatic carbocycles. The van der Waals surface area contributed by atoms with Gasteiger partial charge in [-0.15, -0.1) is 0 Å². The number of ether oxygens (including phenoxy) is 5. The summed E-state index contributed by atoms with van der Waals surface area (Å²) in [5.74, 6) is -0.927. The number of hydrogen-bond donors (Lipinski definition) is 5. The highest BCUT2D eigenvalue weighted by molar-refractivity contribution is 6.05. The van der Waals surface area contributed by atoms with Crippen LogP contribution in [0.1, 0.15) is 40.6 Å². The highest BCUT2D eigenvalue weighted by Gasteiger charge is 2.41. The fourth-order valence-corrected chi connectivity index (χ4v) is 4.60. The summed E-state index contributed by atoms with van der Waals surface area (Å²) in [4.78, 5) is 12.9. The van der Waals surface area contributed by atoms with Crippen molar-refractivity contribution in [3.05, 3.63) is 59.2 Å². The average Bonchev–Trinajstić information content (AvgIpc) is 2.90. The van der Waals surface area contributed by atoms with Gasteiger partial charge >= 0.3 is 0 Å². The largest absolute Gasteiger partial charge is 0.508 e. The minimum Gasteiger partial charge on any atom is -0.508 e. The molecule has 0 spiro atoms. The minimum absolute atomic E-state index is 0.0692. The SMILES string of the molecule is CCOc1cc([C@H]2Oc3cc(O)cc(O)c3C(=O)[C@@H]2O)cc2c1OC(CO)C(c1ccc(O)c(OC)c1)O2. The standard InChI is InChI=1S/C27H26O11/c1-3-35-19-7-13(26-24(33)23(32)22-16(31)9-14(29)10-18(22)36-26)8-20-27(19)38-21(11-28)25(37-20)12-4-5-15(30)17(6-12)34-2/h4-10,21,24-26,28-31,33H,3,11H2,1-2H3/t21?,24-,25?,26+/m0/s1. The van der Waals surface area contributed by atoms with Crippen LogP contribution in [0.3, 0.4) is 0 Å². The van der Waals surface area contributed by atoms with Crippen LogP contribution in [0.4, 0.5) is 0 Å². The Morgan fingerprint density at radius 1 is 0.868 bits per heavy atom. The summed E-state index contributed by atoms with van der Waals surface area (Å²) >= 11 is 0. The number of phenols is 3. The Kier molecular flexibility index (Phi) is 6.55. The van der Waals surface area contributed by atoms with Gasteiger partial charge in [-0.05, 0) is 31.2 Å². The molecule has 2 aliphatic rings. The van der Waals surface area contributed by atoms with E-state index in [0.29, 0.717) is 11.1 Å². The molecular formula is C27H26O11. The van der Waals surface area contributed by atoms with E-state index in [4.69, 9.17) is 23.7 Å². The first kappa shape index (κ1) is 25.3. The molecule has 5 N–H and O–H groups in total. The molecule has 2 heterocycles. The summed E-state index contributed by atoms with van der Waals surface area (Å²) in [5.41, 5.74) is 0.618. The molecule has 38 heavy (non-hydrogen) atoms. The number of carbonyl (C=O) groups excluding carboxylic acids is 1. The van der Waals surface area contributed by atoms with Gasteiger partial charge in [-0.2, -0.15) is 0 Å². The molecule has 0 bridgehead atoms. The lowest BCUT2D eigenvalue weighted by atomic mass is 9.92. The van der Waals surface area contributed by atoms with E-state index in [2.05, 4.69) is 0 Å². The Morgan fingerprint density at radius 2 is 1.61 bits per heavy atom. The van der Waals surface area contributed by atoms with Gasteiger partial charge in [-0.25, -0.2) is 0 Å². The normalized spacial score (nSPS) is 21.8. The van der Waals surface area contributed by atoms with Crippen LogP contribution in [-0.2, 0) is 0 Å². The van der Waals surface area contributed by atoms with Gasteiger partial charge in [0.15, 0.2) is 47.4 Å². The van der Waals surface area contributed by atoms with Crippen LogP contribution in [0.5, 0.6) is 46.0 Å². The predicted octanol–water partition coefficient (Wildman–Crippen LogP) is 2.76. The van der Waals surface area contributed by atoms with Crippen LogP contribution in [0.15, 0.2) is 42.5 Å². The molecule has 3 aromatic rings. The van der Waals surface area contributed by atoms with Gasteiger partial charge in [0.05, 0.1) is 20.3 Å². The smallest absolute Gasteiger partial charge is 0.204 e. The first-order chi connectivity index (χ1) is 18.2. The zero-order chi connectivity index (χ0) is 27.1. The fraction of sp³-hybridized carbons (Fsp3) is 0.296. The number of benzene rings is 3. The maximum Gasteiger partial charge on any atom is 0.204 e. The second kappa shape index (κ2) is 9.84. The maximum absolute atomic E-state index is 12.9. The molecule has 0 saturated heterocycles. The molecule has 0 fully saturated rings. The van der Waals surface area contributed by atoms with Crippen molar-refractivity contribution in [3.8, 4) is 46.0 Å². The lowest BCUT2D eigenvalue weighted by Crippen LogP contribution is -2.37. The highest BCUT2D eigenvalue weighted by Crippen LogP contribution is 2.50. The van der Waals surface area contributed by atoms with Gasteiger partial charge in [-0.3, -0.25) is 4.79 Å². The molecule has 200 valence electrons. The van der Waals surface area contributed by atoms with Crippen LogP contribution in [0.2, 0.25) is 0 Å². The Morgan fingerprint density at radius 3 is 2.32 bits per heavy atom. The number of Topliss-reactive ketones (excluding diaryl/α,β-unsaturated/α-hetero) is 1. The van der Waals surface area contributed by atoms with Crippen LogP contribution in [0.25, 0.3) is 0 Å². The number of carbonyl (C=O) groups is 1. The third-order valence-corrected chi connectivity index (χ3v) is 6.37. The van der Waals surface area contributed by atoms with E-state index in [-0.39, 0.29) is 52.4 Å². The van der Waals surface area contributed by atoms with Crippen molar-refractivity contribution >= 4 is 5.78 Å². The van der Waals surface area contributed by atoms with Gasteiger partial charge in [0.1, 0.15) is 22.8 Å². The molecule has 0 saturated carbocycles. The van der Waals surface area contributed by atoms with E-state index in [9.17, 15) is 30.3 Å². The molecule has 4 atom stereocenters. The Hall–Kier alpha value is -4.35. The van der Waals surface area contributed by atoms with Crippen molar-refractivity contribution in [3.63, 3.8) is 0 Å². The van der Waals surface area contributed by atoms with E-state index in [1.165, 1.54) is 31.4 Å². The zero-order valence-electron chi connectivity index (χ0n) is 20.5. The predicted molar refractivity (Wildman–Crippen MR) is 131 cm³/mol. The average molecular weight is 526 g/mol. The van der Waals surface area contributed by atoms with Crippen LogP contribution >= 0.6 is 0 Å². The molecule has 2 aliphatic heterocycles. The molecular weight excluding hydrogens is 500 g/mol. The van der Waals surface area contributed by atoms with E-state index in [1.807, 2.05) is 0 Å². The summed E-state index contributed by atoms with van der Waals surface area (Å²) in [6.45, 7) is 1.61. The van der Waals surface area contributed by atoms with Crippen molar-refractivity contribution in [1.29, 1.82) is 0 Å². The van der Waals surface area contributed by atoms with Crippen LogP contribution in [0, 0.1) is 0 Å². The Balaban J connectivity index is 1.57. The number of aromatic hydroxyl groups is 3. The second-order valence-electron chi connectivity index (χ2n) is 8.77. The topological polar surface area (TPSA) is 164 Å². The van der Waals surface area contributed by atoms with Crippen LogP contribution in [-0.4, -0.2) is 63.8 Å². The lowest BCUT2D eigenvalue weighted by molar-refractivity contribution is -0.0152. The first-order valence-electron chi connectivity index (χ1n) is 11.8. The van der Waals surface area contributed by atoms with Gasteiger partial charge in [0.25, 0.3) is 0 Å². The molecule has 11 heteroatoms. The van der Waals surface area contributed by atoms with Crippen molar-refractivity contribution in [2.75, 3.05) is 20.3 Å². The molecule has 5 rings (SSSR count).